The van der Waals surface area contributed by atoms with E-state index in [2.05, 4.69) is 10.6 Å². The van der Waals surface area contributed by atoms with Crippen LogP contribution in [0.15, 0.2) is 54.6 Å². The van der Waals surface area contributed by atoms with Crippen LogP contribution in [0.3, 0.4) is 0 Å². The summed E-state index contributed by atoms with van der Waals surface area (Å²) in [5.74, 6) is 0.716. The monoisotopic (exact) mass is 367 g/mol. The maximum absolute atomic E-state index is 12.4. The van der Waals surface area contributed by atoms with Gasteiger partial charge >= 0.3 is 6.03 Å². The fraction of sp³-hybridized carbons (Fsp3) is 0.333. The first-order valence-electron chi connectivity index (χ1n) is 9.17. The molecule has 0 saturated carbocycles. The molecule has 2 aromatic carbocycles. The van der Waals surface area contributed by atoms with E-state index in [0.29, 0.717) is 25.2 Å². The van der Waals surface area contributed by atoms with Gasteiger partial charge in [-0.15, -0.1) is 0 Å². The predicted octanol–water partition coefficient (Wildman–Crippen LogP) is 2.80. The molecule has 3 rings (SSSR count). The van der Waals surface area contributed by atoms with Gasteiger partial charge in [-0.05, 0) is 42.7 Å². The molecule has 3 amide bonds. The molecule has 0 atom stereocenters. The SMILES string of the molecule is COc1cccc(CNC(=O)N2CCC(NC(=O)c3ccccc3)CC2)c1. The number of benzene rings is 2. The molecular formula is C21H25N3O3. The Kier molecular flexibility index (Phi) is 6.30. The van der Waals surface area contributed by atoms with Crippen molar-refractivity contribution in [3.8, 4) is 5.75 Å². The zero-order valence-electron chi connectivity index (χ0n) is 15.5. The van der Waals surface area contributed by atoms with Gasteiger partial charge in [0.05, 0.1) is 7.11 Å². The maximum Gasteiger partial charge on any atom is 0.317 e. The van der Waals surface area contributed by atoms with E-state index in [1.807, 2.05) is 42.5 Å². The molecule has 1 fully saturated rings. The third kappa shape index (κ3) is 5.23. The van der Waals surface area contributed by atoms with Crippen molar-refractivity contribution in [3.05, 3.63) is 65.7 Å². The maximum atomic E-state index is 12.4. The third-order valence-corrected chi connectivity index (χ3v) is 4.73. The number of carbonyl (C=O) groups is 2. The van der Waals surface area contributed by atoms with Crippen LogP contribution in [-0.4, -0.2) is 43.1 Å². The molecule has 27 heavy (non-hydrogen) atoms. The number of methoxy groups -OCH3 is 1. The predicted molar refractivity (Wildman–Crippen MR) is 104 cm³/mol. The topological polar surface area (TPSA) is 70.7 Å². The van der Waals surface area contributed by atoms with Crippen LogP contribution in [0, 0.1) is 0 Å². The van der Waals surface area contributed by atoms with E-state index in [9.17, 15) is 9.59 Å². The van der Waals surface area contributed by atoms with E-state index < -0.39 is 0 Å². The minimum atomic E-state index is -0.0781. The number of carbonyl (C=O) groups excluding carboxylic acids is 2. The van der Waals surface area contributed by atoms with Crippen molar-refractivity contribution >= 4 is 11.9 Å². The Balaban J connectivity index is 1.43. The van der Waals surface area contributed by atoms with Crippen LogP contribution in [0.2, 0.25) is 0 Å². The number of urea groups is 1. The van der Waals surface area contributed by atoms with E-state index in [1.54, 1.807) is 24.1 Å². The van der Waals surface area contributed by atoms with Gasteiger partial charge in [-0.2, -0.15) is 0 Å². The van der Waals surface area contributed by atoms with Crippen molar-refractivity contribution < 1.29 is 14.3 Å². The minimum absolute atomic E-state index is 0.0588. The van der Waals surface area contributed by atoms with Gasteiger partial charge in [-0.1, -0.05) is 30.3 Å². The Hall–Kier alpha value is -3.02. The number of nitrogens with one attached hydrogen (secondary N) is 2. The van der Waals surface area contributed by atoms with Crippen molar-refractivity contribution in [2.24, 2.45) is 0 Å². The van der Waals surface area contributed by atoms with Crippen molar-refractivity contribution in [1.29, 1.82) is 0 Å². The standard InChI is InChI=1S/C21H25N3O3/c1-27-19-9-5-6-16(14-19)15-22-21(26)24-12-10-18(11-13-24)23-20(25)17-7-3-2-4-8-17/h2-9,14,18H,10-13,15H2,1H3,(H,22,26)(H,23,25). The molecular weight excluding hydrogens is 342 g/mol. The first-order valence-corrected chi connectivity index (χ1v) is 9.17. The molecule has 1 saturated heterocycles. The molecule has 2 N–H and O–H groups in total. The molecule has 1 aliphatic heterocycles. The van der Waals surface area contributed by atoms with Crippen LogP contribution in [-0.2, 0) is 6.54 Å². The van der Waals surface area contributed by atoms with E-state index in [1.165, 1.54) is 0 Å². The van der Waals surface area contributed by atoms with Crippen LogP contribution in [0.1, 0.15) is 28.8 Å². The van der Waals surface area contributed by atoms with Gasteiger partial charge in [0.2, 0.25) is 0 Å². The summed E-state index contributed by atoms with van der Waals surface area (Å²) in [7, 11) is 1.62. The number of nitrogens with zero attached hydrogens (tertiary/aromatic N) is 1. The van der Waals surface area contributed by atoms with Crippen LogP contribution >= 0.6 is 0 Å². The normalized spacial score (nSPS) is 14.5. The third-order valence-electron chi connectivity index (χ3n) is 4.73. The lowest BCUT2D eigenvalue weighted by molar-refractivity contribution is 0.0918. The van der Waals surface area contributed by atoms with Gasteiger partial charge in [0.25, 0.3) is 5.91 Å². The second-order valence-electron chi connectivity index (χ2n) is 6.61. The number of ether oxygens (including phenoxy) is 1. The Morgan fingerprint density at radius 3 is 2.52 bits per heavy atom. The molecule has 0 aromatic heterocycles. The summed E-state index contributed by atoms with van der Waals surface area (Å²) in [6.45, 7) is 1.72. The molecule has 6 heteroatoms. The van der Waals surface area contributed by atoms with E-state index in [0.717, 1.165) is 24.2 Å². The number of hydrogen-bond donors (Lipinski definition) is 2. The van der Waals surface area contributed by atoms with Gasteiger partial charge in [-0.3, -0.25) is 4.79 Å². The Bertz CT molecular complexity index is 771. The lowest BCUT2D eigenvalue weighted by atomic mass is 10.0. The van der Waals surface area contributed by atoms with Gasteiger partial charge in [0.1, 0.15) is 5.75 Å². The molecule has 0 unspecified atom stereocenters. The average Bonchev–Trinajstić information content (AvgIpc) is 2.73. The Morgan fingerprint density at radius 2 is 1.81 bits per heavy atom. The fourth-order valence-electron chi connectivity index (χ4n) is 3.16. The number of amides is 3. The number of hydrogen-bond acceptors (Lipinski definition) is 3. The molecule has 142 valence electrons. The molecule has 0 spiro atoms. The van der Waals surface area contributed by atoms with Crippen molar-refractivity contribution in [1.82, 2.24) is 15.5 Å². The average molecular weight is 367 g/mol. The van der Waals surface area contributed by atoms with Crippen LogP contribution < -0.4 is 15.4 Å². The second kappa shape index (κ2) is 9.07. The zero-order valence-corrected chi connectivity index (χ0v) is 15.5. The molecule has 2 aromatic rings. The Morgan fingerprint density at radius 1 is 1.07 bits per heavy atom. The quantitative estimate of drug-likeness (QED) is 0.854. The lowest BCUT2D eigenvalue weighted by Crippen LogP contribution is -2.49. The van der Waals surface area contributed by atoms with Gasteiger partial charge in [0, 0.05) is 31.2 Å². The molecule has 1 aliphatic rings. The summed E-state index contributed by atoms with van der Waals surface area (Å²) in [6.07, 6.45) is 1.51. The van der Waals surface area contributed by atoms with Gasteiger partial charge in [0.15, 0.2) is 0 Å². The van der Waals surface area contributed by atoms with E-state index in [4.69, 9.17) is 4.74 Å². The van der Waals surface area contributed by atoms with E-state index in [-0.39, 0.29) is 18.0 Å². The highest BCUT2D eigenvalue weighted by molar-refractivity contribution is 5.94. The zero-order chi connectivity index (χ0) is 19.1. The summed E-state index contributed by atoms with van der Waals surface area (Å²) in [5.41, 5.74) is 1.66. The highest BCUT2D eigenvalue weighted by atomic mass is 16.5. The lowest BCUT2D eigenvalue weighted by Gasteiger charge is -2.32. The smallest absolute Gasteiger partial charge is 0.317 e. The van der Waals surface area contributed by atoms with Crippen molar-refractivity contribution in [3.63, 3.8) is 0 Å². The van der Waals surface area contributed by atoms with E-state index >= 15 is 0 Å². The van der Waals surface area contributed by atoms with Gasteiger partial charge in [-0.25, -0.2) is 4.79 Å². The first-order chi connectivity index (χ1) is 13.2. The van der Waals surface area contributed by atoms with Crippen LogP contribution in [0.25, 0.3) is 0 Å². The van der Waals surface area contributed by atoms with Crippen LogP contribution in [0.5, 0.6) is 5.75 Å². The summed E-state index contributed by atoms with van der Waals surface area (Å²) < 4.78 is 5.20. The molecule has 0 radical (unpaired) electrons. The summed E-state index contributed by atoms with van der Waals surface area (Å²) in [6, 6.07) is 16.9. The summed E-state index contributed by atoms with van der Waals surface area (Å²) in [4.78, 5) is 26.4. The molecule has 0 aliphatic carbocycles. The minimum Gasteiger partial charge on any atom is -0.497 e. The van der Waals surface area contributed by atoms with Gasteiger partial charge < -0.3 is 20.3 Å². The largest absolute Gasteiger partial charge is 0.497 e. The summed E-state index contributed by atoms with van der Waals surface area (Å²) in [5, 5.41) is 6.00. The number of piperidine rings is 1. The fourth-order valence-corrected chi connectivity index (χ4v) is 3.16. The Labute approximate surface area is 159 Å². The van der Waals surface area contributed by atoms with Crippen molar-refractivity contribution in [2.45, 2.75) is 25.4 Å². The molecule has 1 heterocycles. The molecule has 6 nitrogen and oxygen atoms in total. The highest BCUT2D eigenvalue weighted by Gasteiger charge is 2.24. The van der Waals surface area contributed by atoms with Crippen LogP contribution in [0.4, 0.5) is 4.79 Å². The molecule has 0 bridgehead atoms. The van der Waals surface area contributed by atoms with Crippen molar-refractivity contribution in [2.75, 3.05) is 20.2 Å². The first kappa shape index (κ1) is 18.8. The second-order valence-corrected chi connectivity index (χ2v) is 6.61. The number of likely N-dealkylation sites (tertiary alicyclic amines) is 1. The summed E-state index contributed by atoms with van der Waals surface area (Å²) >= 11 is 0. The number of rotatable bonds is 5. The highest BCUT2D eigenvalue weighted by Crippen LogP contribution is 2.14.